The molecule has 1 aromatic rings. The van der Waals surface area contributed by atoms with E-state index in [2.05, 4.69) is 15.9 Å². The quantitative estimate of drug-likeness (QED) is 0.776. The molecule has 0 aliphatic carbocycles. The Hall–Kier alpha value is -0.830. The molecular formula is C11H13BrO2. The highest BCUT2D eigenvalue weighted by molar-refractivity contribution is 9.10. The summed E-state index contributed by atoms with van der Waals surface area (Å²) in [6.45, 7) is 4.08. The normalized spacial score (nSPS) is 10.4. The molecule has 0 radical (unpaired) electrons. The van der Waals surface area contributed by atoms with Crippen LogP contribution >= 0.6 is 15.9 Å². The smallest absolute Gasteiger partial charge is 0.151 e. The molecule has 0 aromatic heterocycles. The first kappa shape index (κ1) is 11.2. The van der Waals surface area contributed by atoms with E-state index in [-0.39, 0.29) is 5.92 Å². The van der Waals surface area contributed by atoms with Gasteiger partial charge in [-0.05, 0) is 18.1 Å². The average Bonchev–Trinajstić information content (AvgIpc) is 2.17. The van der Waals surface area contributed by atoms with E-state index in [4.69, 9.17) is 4.74 Å². The fraction of sp³-hybridized carbons (Fsp3) is 0.364. The highest BCUT2D eigenvalue weighted by Crippen LogP contribution is 2.33. The first-order chi connectivity index (χ1) is 6.61. The van der Waals surface area contributed by atoms with Crippen LogP contribution < -0.4 is 4.74 Å². The molecule has 0 N–H and O–H groups in total. The van der Waals surface area contributed by atoms with Crippen molar-refractivity contribution in [3.05, 3.63) is 27.7 Å². The number of hydrogen-bond donors (Lipinski definition) is 0. The minimum atomic E-state index is 0.266. The van der Waals surface area contributed by atoms with Gasteiger partial charge in [-0.3, -0.25) is 4.79 Å². The number of carbonyl (C=O) groups is 1. The molecule has 0 aliphatic heterocycles. The van der Waals surface area contributed by atoms with Crippen LogP contribution in [-0.4, -0.2) is 13.4 Å². The van der Waals surface area contributed by atoms with Crippen LogP contribution in [0, 0.1) is 0 Å². The number of hydrogen-bond acceptors (Lipinski definition) is 2. The lowest BCUT2D eigenvalue weighted by atomic mass is 9.97. The van der Waals surface area contributed by atoms with Crippen molar-refractivity contribution in [3.63, 3.8) is 0 Å². The third-order valence-electron chi connectivity index (χ3n) is 2.11. The zero-order valence-corrected chi connectivity index (χ0v) is 10.1. The summed E-state index contributed by atoms with van der Waals surface area (Å²) in [7, 11) is 1.61. The highest BCUT2D eigenvalue weighted by Gasteiger charge is 2.14. The number of benzene rings is 1. The number of aldehydes is 1. The van der Waals surface area contributed by atoms with Crippen LogP contribution in [0.25, 0.3) is 0 Å². The fourth-order valence-electron chi connectivity index (χ4n) is 1.48. The van der Waals surface area contributed by atoms with Crippen LogP contribution in [-0.2, 0) is 0 Å². The molecule has 1 aromatic carbocycles. The van der Waals surface area contributed by atoms with Gasteiger partial charge in [0.1, 0.15) is 5.75 Å². The molecule has 0 saturated heterocycles. The summed E-state index contributed by atoms with van der Waals surface area (Å²) in [5.74, 6) is 1.04. The topological polar surface area (TPSA) is 26.3 Å². The van der Waals surface area contributed by atoms with Crippen molar-refractivity contribution >= 4 is 22.2 Å². The molecule has 1 rings (SSSR count). The largest absolute Gasteiger partial charge is 0.496 e. The molecule has 2 nitrogen and oxygen atoms in total. The number of halogens is 1. The van der Waals surface area contributed by atoms with Crippen molar-refractivity contribution in [1.82, 2.24) is 0 Å². The number of carbonyl (C=O) groups excluding carboxylic acids is 1. The second kappa shape index (κ2) is 4.60. The van der Waals surface area contributed by atoms with Crippen molar-refractivity contribution < 1.29 is 9.53 Å². The second-order valence-corrected chi connectivity index (χ2v) is 4.20. The summed E-state index contributed by atoms with van der Waals surface area (Å²) in [6, 6.07) is 3.70. The van der Waals surface area contributed by atoms with E-state index in [0.717, 1.165) is 22.1 Å². The third kappa shape index (κ3) is 1.98. The maximum Gasteiger partial charge on any atom is 0.151 e. The van der Waals surface area contributed by atoms with Gasteiger partial charge in [0.15, 0.2) is 6.29 Å². The summed E-state index contributed by atoms with van der Waals surface area (Å²) in [5, 5.41) is 0. The second-order valence-electron chi connectivity index (χ2n) is 3.35. The van der Waals surface area contributed by atoms with Gasteiger partial charge in [-0.25, -0.2) is 0 Å². The van der Waals surface area contributed by atoms with Crippen LogP contribution in [0.3, 0.4) is 0 Å². The monoisotopic (exact) mass is 256 g/mol. The summed E-state index contributed by atoms with van der Waals surface area (Å²) in [5.41, 5.74) is 1.64. The molecule has 0 spiro atoms. The standard InChI is InChI=1S/C11H13BrO2/c1-7(2)11-8(6-13)9(12)4-5-10(11)14-3/h4-7H,1-3H3. The van der Waals surface area contributed by atoms with E-state index >= 15 is 0 Å². The Morgan fingerprint density at radius 3 is 2.50 bits per heavy atom. The zero-order valence-electron chi connectivity index (χ0n) is 8.50. The lowest BCUT2D eigenvalue weighted by Crippen LogP contribution is -2.00. The Bertz CT molecular complexity index is 345. The van der Waals surface area contributed by atoms with Crippen molar-refractivity contribution in [2.75, 3.05) is 7.11 Å². The van der Waals surface area contributed by atoms with Gasteiger partial charge in [-0.15, -0.1) is 0 Å². The van der Waals surface area contributed by atoms with Gasteiger partial charge in [-0.2, -0.15) is 0 Å². The van der Waals surface area contributed by atoms with E-state index < -0.39 is 0 Å². The Labute approximate surface area is 92.4 Å². The lowest BCUT2D eigenvalue weighted by Gasteiger charge is -2.14. The summed E-state index contributed by atoms with van der Waals surface area (Å²) in [6.07, 6.45) is 0.863. The molecule has 0 unspecified atom stereocenters. The molecule has 0 bridgehead atoms. The Morgan fingerprint density at radius 1 is 1.43 bits per heavy atom. The van der Waals surface area contributed by atoms with Gasteiger partial charge in [0, 0.05) is 15.6 Å². The Balaban J connectivity index is 3.43. The van der Waals surface area contributed by atoms with E-state index in [1.807, 2.05) is 26.0 Å². The van der Waals surface area contributed by atoms with E-state index in [1.165, 1.54) is 0 Å². The van der Waals surface area contributed by atoms with Crippen LogP contribution in [0.5, 0.6) is 5.75 Å². The molecule has 0 saturated carbocycles. The predicted octanol–water partition coefficient (Wildman–Crippen LogP) is 3.39. The number of ether oxygens (including phenoxy) is 1. The molecule has 0 fully saturated rings. The first-order valence-corrected chi connectivity index (χ1v) is 5.22. The van der Waals surface area contributed by atoms with Crippen LogP contribution in [0.2, 0.25) is 0 Å². The van der Waals surface area contributed by atoms with Crippen LogP contribution in [0.15, 0.2) is 16.6 Å². The SMILES string of the molecule is COc1ccc(Br)c(C=O)c1C(C)C. The van der Waals surface area contributed by atoms with Crippen molar-refractivity contribution in [2.45, 2.75) is 19.8 Å². The maximum absolute atomic E-state index is 10.9. The van der Waals surface area contributed by atoms with Gasteiger partial charge < -0.3 is 4.74 Å². The third-order valence-corrected chi connectivity index (χ3v) is 2.80. The lowest BCUT2D eigenvalue weighted by molar-refractivity contribution is 0.112. The summed E-state index contributed by atoms with van der Waals surface area (Å²) in [4.78, 5) is 10.9. The first-order valence-electron chi connectivity index (χ1n) is 4.43. The van der Waals surface area contributed by atoms with Gasteiger partial charge in [0.2, 0.25) is 0 Å². The average molecular weight is 257 g/mol. The maximum atomic E-state index is 10.9. The van der Waals surface area contributed by atoms with Gasteiger partial charge in [0.05, 0.1) is 7.11 Å². The number of rotatable bonds is 3. The Kier molecular flexibility index (Phi) is 3.69. The van der Waals surface area contributed by atoms with Crippen LogP contribution in [0.1, 0.15) is 35.7 Å². The molecule has 0 aliphatic rings. The van der Waals surface area contributed by atoms with Gasteiger partial charge in [-0.1, -0.05) is 29.8 Å². The van der Waals surface area contributed by atoms with Crippen molar-refractivity contribution in [3.8, 4) is 5.75 Å². The van der Waals surface area contributed by atoms with E-state index in [9.17, 15) is 4.79 Å². The minimum Gasteiger partial charge on any atom is -0.496 e. The molecule has 14 heavy (non-hydrogen) atoms. The van der Waals surface area contributed by atoms with Gasteiger partial charge in [0.25, 0.3) is 0 Å². The van der Waals surface area contributed by atoms with Crippen molar-refractivity contribution in [2.24, 2.45) is 0 Å². The molecule has 0 atom stereocenters. The van der Waals surface area contributed by atoms with Crippen LogP contribution in [0.4, 0.5) is 0 Å². The summed E-state index contributed by atoms with van der Waals surface area (Å²) >= 11 is 3.35. The predicted molar refractivity (Wildman–Crippen MR) is 60.2 cm³/mol. The highest BCUT2D eigenvalue weighted by atomic mass is 79.9. The van der Waals surface area contributed by atoms with E-state index in [0.29, 0.717) is 5.56 Å². The molecule has 0 heterocycles. The Morgan fingerprint density at radius 2 is 2.07 bits per heavy atom. The molecular weight excluding hydrogens is 244 g/mol. The summed E-state index contributed by atoms with van der Waals surface area (Å²) < 4.78 is 6.04. The van der Waals surface area contributed by atoms with Gasteiger partial charge >= 0.3 is 0 Å². The molecule has 0 amide bonds. The van der Waals surface area contributed by atoms with E-state index in [1.54, 1.807) is 7.11 Å². The fourth-order valence-corrected chi connectivity index (χ4v) is 1.92. The zero-order chi connectivity index (χ0) is 10.7. The molecule has 76 valence electrons. The molecule has 3 heteroatoms. The number of methoxy groups -OCH3 is 1. The van der Waals surface area contributed by atoms with Crippen molar-refractivity contribution in [1.29, 1.82) is 0 Å². The minimum absolute atomic E-state index is 0.266.